The Kier molecular flexibility index (Phi) is 9.61. The van der Waals surface area contributed by atoms with E-state index in [4.69, 9.17) is 21.1 Å². The Morgan fingerprint density at radius 1 is 1.13 bits per heavy atom. The van der Waals surface area contributed by atoms with E-state index in [1.54, 1.807) is 24.1 Å². The maximum Gasteiger partial charge on any atom is 0.355 e. The van der Waals surface area contributed by atoms with Gasteiger partial charge in [-0.15, -0.1) is 16.7 Å². The van der Waals surface area contributed by atoms with Crippen molar-refractivity contribution in [1.29, 1.82) is 0 Å². The number of H-pyrrole nitrogens is 1. The number of aromatic amines is 1. The lowest BCUT2D eigenvalue weighted by Gasteiger charge is -2.36. The Balaban J connectivity index is 1.13. The van der Waals surface area contributed by atoms with Crippen LogP contribution in [0.15, 0.2) is 72.5 Å². The second-order valence-electron chi connectivity index (χ2n) is 12.8. The highest BCUT2D eigenvalue weighted by Gasteiger charge is 2.39. The number of fused-ring (bicyclic) bond motifs is 1. The van der Waals surface area contributed by atoms with Crippen LogP contribution >= 0.6 is 11.6 Å². The molecule has 0 spiro atoms. The fourth-order valence-electron chi connectivity index (χ4n) is 6.45. The monoisotopic (exact) mass is 659 g/mol. The van der Waals surface area contributed by atoms with Gasteiger partial charge in [0.15, 0.2) is 0 Å². The Morgan fingerprint density at radius 3 is 2.62 bits per heavy atom. The third-order valence-corrected chi connectivity index (χ3v) is 9.24. The van der Waals surface area contributed by atoms with Gasteiger partial charge in [0.2, 0.25) is 5.91 Å². The minimum atomic E-state index is -0.833. The zero-order chi connectivity index (χ0) is 33.1. The largest absolute Gasteiger partial charge is 0.461 e. The number of carbonyl (C=O) groups is 2. The van der Waals surface area contributed by atoms with E-state index in [9.17, 15) is 14.0 Å². The van der Waals surface area contributed by atoms with E-state index in [1.165, 1.54) is 12.1 Å². The number of nitrogens with one attached hydrogen (secondary N) is 1. The number of nitrogens with zero attached hydrogens (tertiary/aromatic N) is 4. The first-order valence-corrected chi connectivity index (χ1v) is 16.4. The van der Waals surface area contributed by atoms with Crippen molar-refractivity contribution in [3.63, 3.8) is 0 Å². The first kappa shape index (κ1) is 32.7. The summed E-state index contributed by atoms with van der Waals surface area (Å²) in [5.41, 5.74) is 4.39. The molecule has 1 saturated heterocycles. The molecule has 2 aliphatic rings. The van der Waals surface area contributed by atoms with Crippen molar-refractivity contribution >= 4 is 40.0 Å². The molecule has 3 heterocycles. The van der Waals surface area contributed by atoms with Gasteiger partial charge >= 0.3 is 5.97 Å². The van der Waals surface area contributed by atoms with Gasteiger partial charge in [0, 0.05) is 55.2 Å². The Hall–Kier alpha value is -4.28. The van der Waals surface area contributed by atoms with E-state index >= 15 is 0 Å². The van der Waals surface area contributed by atoms with E-state index in [0.29, 0.717) is 53.8 Å². The SMILES string of the molecule is COCC1(Cl)CC(C(=O)N2CCC(Cn3cc(-c4c(C(=O)OCC(C)C)[nH]c5ccc(F)cc45)nn3)CC2)=CC=C1c1ccccc1. The Labute approximate surface area is 278 Å². The number of ether oxygens (including phenoxy) is 2. The van der Waals surface area contributed by atoms with Gasteiger partial charge in [-0.25, -0.2) is 9.18 Å². The predicted octanol–water partition coefficient (Wildman–Crippen LogP) is 6.65. The maximum atomic E-state index is 14.3. The van der Waals surface area contributed by atoms with Crippen LogP contribution in [-0.2, 0) is 20.8 Å². The number of halogens is 2. The number of alkyl halides is 1. The second-order valence-corrected chi connectivity index (χ2v) is 13.6. The number of hydrogen-bond donors (Lipinski definition) is 1. The van der Waals surface area contributed by atoms with Crippen molar-refractivity contribution in [2.24, 2.45) is 11.8 Å². The smallest absolute Gasteiger partial charge is 0.355 e. The van der Waals surface area contributed by atoms with Gasteiger partial charge in [-0.1, -0.05) is 61.5 Å². The number of amides is 1. The average Bonchev–Trinajstić information content (AvgIpc) is 3.68. The summed E-state index contributed by atoms with van der Waals surface area (Å²) in [6.07, 6.45) is 7.61. The molecule has 11 heteroatoms. The molecule has 47 heavy (non-hydrogen) atoms. The van der Waals surface area contributed by atoms with Crippen molar-refractivity contribution < 1.29 is 23.5 Å². The third kappa shape index (κ3) is 7.04. The minimum Gasteiger partial charge on any atom is -0.461 e. The topological polar surface area (TPSA) is 102 Å². The number of carbonyl (C=O) groups excluding carboxylic acids is 2. The van der Waals surface area contributed by atoms with Crippen molar-refractivity contribution in [2.45, 2.75) is 44.5 Å². The van der Waals surface area contributed by atoms with Gasteiger partial charge in [0.05, 0.1) is 24.3 Å². The van der Waals surface area contributed by atoms with Crippen LogP contribution in [-0.4, -0.2) is 75.0 Å². The van der Waals surface area contributed by atoms with Crippen LogP contribution in [0.2, 0.25) is 0 Å². The molecule has 1 N–H and O–H groups in total. The Morgan fingerprint density at radius 2 is 1.89 bits per heavy atom. The molecule has 1 fully saturated rings. The third-order valence-electron chi connectivity index (χ3n) is 8.79. The number of hydrogen-bond acceptors (Lipinski definition) is 6. The molecule has 0 radical (unpaired) electrons. The molecular weight excluding hydrogens is 621 g/mol. The van der Waals surface area contributed by atoms with Crippen LogP contribution in [0.1, 0.15) is 49.2 Å². The summed E-state index contributed by atoms with van der Waals surface area (Å²) in [6.45, 7) is 6.30. The van der Waals surface area contributed by atoms with E-state index in [0.717, 1.165) is 24.0 Å². The molecule has 1 aliphatic heterocycles. The lowest BCUT2D eigenvalue weighted by atomic mass is 9.82. The molecule has 2 aromatic heterocycles. The highest BCUT2D eigenvalue weighted by atomic mass is 35.5. The van der Waals surface area contributed by atoms with Gasteiger partial charge in [0.1, 0.15) is 17.2 Å². The molecule has 4 aromatic rings. The van der Waals surface area contributed by atoms with Crippen LogP contribution in [0, 0.1) is 17.7 Å². The number of aromatic nitrogens is 4. The summed E-state index contributed by atoms with van der Waals surface area (Å²) in [5.74, 6) is -0.500. The van der Waals surface area contributed by atoms with E-state index in [1.807, 2.05) is 61.2 Å². The number of likely N-dealkylation sites (tertiary alicyclic amines) is 1. The van der Waals surface area contributed by atoms with Crippen LogP contribution in [0.5, 0.6) is 0 Å². The predicted molar refractivity (Wildman–Crippen MR) is 179 cm³/mol. The molecule has 1 unspecified atom stereocenters. The highest BCUT2D eigenvalue weighted by Crippen LogP contribution is 2.42. The quantitative estimate of drug-likeness (QED) is 0.151. The van der Waals surface area contributed by atoms with E-state index < -0.39 is 16.7 Å². The molecule has 0 saturated carbocycles. The number of allylic oxidation sites excluding steroid dienone is 2. The van der Waals surface area contributed by atoms with Gasteiger partial charge in [-0.3, -0.25) is 9.48 Å². The van der Waals surface area contributed by atoms with E-state index in [2.05, 4.69) is 15.3 Å². The molecule has 6 rings (SSSR count). The van der Waals surface area contributed by atoms with Gasteiger partial charge < -0.3 is 19.4 Å². The summed E-state index contributed by atoms with van der Waals surface area (Å²) in [4.78, 5) is 30.8. The van der Waals surface area contributed by atoms with Gasteiger partial charge in [0.25, 0.3) is 0 Å². The zero-order valence-electron chi connectivity index (χ0n) is 26.8. The lowest BCUT2D eigenvalue weighted by molar-refractivity contribution is -0.128. The van der Waals surface area contributed by atoms with Crippen molar-refractivity contribution in [1.82, 2.24) is 24.9 Å². The molecule has 1 amide bonds. The number of esters is 1. The second kappa shape index (κ2) is 13.8. The standard InChI is InChI=1S/C36H39ClFN5O4/c1-23(2)21-47-35(45)33-32(28-17-27(38)10-12-30(28)39-33)31-20-43(41-40-31)19-24-13-15-42(16-14-24)34(44)26-9-11-29(25-7-5-4-6-8-25)36(37,18-26)22-46-3/h4-12,17,20,23-24,39H,13-16,18-19,21-22H2,1-3H3. The summed E-state index contributed by atoms with van der Waals surface area (Å²) >= 11 is 7.13. The number of rotatable bonds is 10. The molecule has 0 bridgehead atoms. The van der Waals surface area contributed by atoms with Crippen LogP contribution in [0.3, 0.4) is 0 Å². The van der Waals surface area contributed by atoms with Gasteiger partial charge in [-0.05, 0) is 54.0 Å². The van der Waals surface area contributed by atoms with Crippen LogP contribution in [0.25, 0.3) is 27.7 Å². The summed E-state index contributed by atoms with van der Waals surface area (Å²) in [6, 6.07) is 14.3. The highest BCUT2D eigenvalue weighted by molar-refractivity contribution is 6.31. The molecule has 246 valence electrons. The lowest BCUT2D eigenvalue weighted by Crippen LogP contribution is -2.42. The molecule has 1 atom stereocenters. The first-order valence-electron chi connectivity index (χ1n) is 16.0. The van der Waals surface area contributed by atoms with Gasteiger partial charge in [-0.2, -0.15) is 0 Å². The summed E-state index contributed by atoms with van der Waals surface area (Å²) < 4.78 is 27.0. The molecular formula is C36H39ClFN5O4. The zero-order valence-corrected chi connectivity index (χ0v) is 27.6. The average molecular weight is 660 g/mol. The first-order chi connectivity index (χ1) is 22.6. The fourth-order valence-corrected chi connectivity index (χ4v) is 6.88. The minimum absolute atomic E-state index is 0.000526. The number of benzene rings is 2. The fraction of sp³-hybridized carbons (Fsp3) is 0.389. The molecule has 2 aromatic carbocycles. The summed E-state index contributed by atoms with van der Waals surface area (Å²) in [7, 11) is 1.62. The van der Waals surface area contributed by atoms with Crippen molar-refractivity contribution in [2.75, 3.05) is 33.4 Å². The number of methoxy groups -OCH3 is 1. The van der Waals surface area contributed by atoms with Crippen LogP contribution < -0.4 is 0 Å². The summed E-state index contributed by atoms with van der Waals surface area (Å²) in [5, 5.41) is 9.25. The Bertz CT molecular complexity index is 1820. The molecule has 9 nitrogen and oxygen atoms in total. The van der Waals surface area contributed by atoms with Crippen molar-refractivity contribution in [3.8, 4) is 11.3 Å². The number of piperidine rings is 1. The van der Waals surface area contributed by atoms with E-state index in [-0.39, 0.29) is 36.7 Å². The van der Waals surface area contributed by atoms with Crippen LogP contribution in [0.4, 0.5) is 4.39 Å². The molecule has 1 aliphatic carbocycles. The maximum absolute atomic E-state index is 14.3. The van der Waals surface area contributed by atoms with Crippen molar-refractivity contribution in [3.05, 3.63) is 89.5 Å². The normalized spacial score (nSPS) is 18.8.